The molecule has 23 heavy (non-hydrogen) atoms. The molecule has 0 aliphatic heterocycles. The van der Waals surface area contributed by atoms with Crippen LogP contribution in [0.25, 0.3) is 0 Å². The molecule has 1 aromatic rings. The molecule has 0 heterocycles. The molecule has 0 aromatic heterocycles. The van der Waals surface area contributed by atoms with Crippen LogP contribution in [-0.4, -0.2) is 46.9 Å². The van der Waals surface area contributed by atoms with Gasteiger partial charge < -0.3 is 14.7 Å². The Kier molecular flexibility index (Phi) is 6.30. The molecule has 1 amide bonds. The summed E-state index contributed by atoms with van der Waals surface area (Å²) in [5.41, 5.74) is -0.620. The smallest absolute Gasteiger partial charge is 0.329 e. The first-order chi connectivity index (χ1) is 10.7. The van der Waals surface area contributed by atoms with Gasteiger partial charge >= 0.3 is 5.97 Å². The fraction of sp³-hybridized carbons (Fsp3) is 0.471. The molecule has 0 fully saturated rings. The van der Waals surface area contributed by atoms with Crippen molar-refractivity contribution in [1.29, 1.82) is 0 Å². The van der Waals surface area contributed by atoms with Gasteiger partial charge in [0.2, 0.25) is 5.91 Å². The van der Waals surface area contributed by atoms with E-state index in [1.54, 1.807) is 24.3 Å². The highest BCUT2D eigenvalue weighted by Gasteiger charge is 2.34. The third kappa shape index (κ3) is 5.09. The average molecular weight is 321 g/mol. The maximum Gasteiger partial charge on any atom is 0.329 e. The largest absolute Gasteiger partial charge is 0.494 e. The number of aliphatic carboxylic acids is 1. The van der Waals surface area contributed by atoms with Crippen LogP contribution in [0.5, 0.6) is 5.75 Å². The second kappa shape index (κ2) is 7.76. The van der Waals surface area contributed by atoms with Gasteiger partial charge in [0.1, 0.15) is 11.3 Å². The molecule has 0 unspecified atom stereocenters. The number of benzene rings is 1. The average Bonchev–Trinajstić information content (AvgIpc) is 2.50. The van der Waals surface area contributed by atoms with Crippen LogP contribution in [-0.2, 0) is 9.59 Å². The van der Waals surface area contributed by atoms with Crippen LogP contribution >= 0.6 is 0 Å². The number of carbonyl (C=O) groups excluding carboxylic acids is 2. The highest BCUT2D eigenvalue weighted by molar-refractivity contribution is 5.94. The van der Waals surface area contributed by atoms with Crippen LogP contribution in [0.15, 0.2) is 24.3 Å². The zero-order chi connectivity index (χ0) is 17.6. The molecule has 0 radical (unpaired) electrons. The van der Waals surface area contributed by atoms with Gasteiger partial charge in [-0.15, -0.1) is 0 Å². The fourth-order valence-corrected chi connectivity index (χ4v) is 1.82. The summed E-state index contributed by atoms with van der Waals surface area (Å²) < 4.78 is 5.51. The molecule has 0 saturated heterocycles. The van der Waals surface area contributed by atoms with Gasteiger partial charge in [-0.3, -0.25) is 9.59 Å². The van der Waals surface area contributed by atoms with Crippen LogP contribution in [0.2, 0.25) is 0 Å². The number of carboxylic acids is 1. The van der Waals surface area contributed by atoms with Crippen molar-refractivity contribution >= 4 is 17.7 Å². The van der Waals surface area contributed by atoms with E-state index in [0.29, 0.717) is 24.3 Å². The van der Waals surface area contributed by atoms with Crippen molar-refractivity contribution in [3.63, 3.8) is 0 Å². The van der Waals surface area contributed by atoms with Crippen molar-refractivity contribution in [2.45, 2.75) is 39.2 Å². The Hall–Kier alpha value is -2.37. The summed E-state index contributed by atoms with van der Waals surface area (Å²) in [4.78, 5) is 35.5. The van der Waals surface area contributed by atoms with Gasteiger partial charge in [0, 0.05) is 19.0 Å². The van der Waals surface area contributed by atoms with Gasteiger partial charge in [0.25, 0.3) is 0 Å². The lowest BCUT2D eigenvalue weighted by Gasteiger charge is -2.31. The Balaban J connectivity index is 2.41. The minimum Gasteiger partial charge on any atom is -0.494 e. The van der Waals surface area contributed by atoms with Crippen molar-refractivity contribution in [2.75, 3.05) is 13.7 Å². The van der Waals surface area contributed by atoms with Crippen LogP contribution in [0, 0.1) is 0 Å². The zero-order valence-electron chi connectivity index (χ0n) is 14.0. The van der Waals surface area contributed by atoms with Gasteiger partial charge in [-0.2, -0.15) is 0 Å². The van der Waals surface area contributed by atoms with Crippen LogP contribution in [0.4, 0.5) is 0 Å². The number of carboxylic acid groups (broad SMARTS) is 1. The number of hydrogen-bond acceptors (Lipinski definition) is 4. The second-order valence-corrected chi connectivity index (χ2v) is 5.85. The van der Waals surface area contributed by atoms with Crippen molar-refractivity contribution < 1.29 is 24.2 Å². The normalized spacial score (nSPS) is 11.0. The highest BCUT2D eigenvalue weighted by atomic mass is 16.5. The molecular weight excluding hydrogens is 298 g/mol. The summed E-state index contributed by atoms with van der Waals surface area (Å²) in [6.45, 7) is 4.81. The Morgan fingerprint density at radius 3 is 2.22 bits per heavy atom. The molecule has 0 bridgehead atoms. The number of Topliss-reactive ketones (excluding diaryl/α,β-unsaturated/α-hetero) is 1. The summed E-state index contributed by atoms with van der Waals surface area (Å²) >= 11 is 0. The number of rotatable bonds is 8. The number of likely N-dealkylation sites (N-methyl/N-ethyl adjacent to an activating group) is 1. The Labute approximate surface area is 136 Å². The maximum atomic E-state index is 12.0. The van der Waals surface area contributed by atoms with E-state index in [1.807, 2.05) is 0 Å². The van der Waals surface area contributed by atoms with E-state index in [0.717, 1.165) is 0 Å². The van der Waals surface area contributed by atoms with Gasteiger partial charge in [-0.1, -0.05) is 0 Å². The molecule has 0 atom stereocenters. The predicted octanol–water partition coefficient (Wildman–Crippen LogP) is 2.37. The zero-order valence-corrected chi connectivity index (χ0v) is 14.0. The minimum absolute atomic E-state index is 0.00812. The van der Waals surface area contributed by atoms with Gasteiger partial charge in [0.05, 0.1) is 6.61 Å². The molecule has 1 aromatic carbocycles. The summed E-state index contributed by atoms with van der Waals surface area (Å²) in [5.74, 6) is -0.670. The van der Waals surface area contributed by atoms with Crippen molar-refractivity contribution in [1.82, 2.24) is 4.90 Å². The monoisotopic (exact) mass is 321 g/mol. The molecular formula is C17H23NO5. The maximum absolute atomic E-state index is 12.0. The number of hydrogen-bond donors (Lipinski definition) is 1. The molecule has 0 aliphatic rings. The van der Waals surface area contributed by atoms with E-state index in [1.165, 1.54) is 32.7 Å². The molecule has 6 nitrogen and oxygen atoms in total. The number of amides is 1. The number of nitrogens with zero attached hydrogens (tertiary/aromatic N) is 1. The quantitative estimate of drug-likeness (QED) is 0.587. The third-order valence-corrected chi connectivity index (χ3v) is 3.80. The summed E-state index contributed by atoms with van der Waals surface area (Å²) in [6, 6.07) is 6.79. The Bertz CT molecular complexity index is 577. The van der Waals surface area contributed by atoms with Crippen LogP contribution in [0.3, 0.4) is 0 Å². The molecule has 1 rings (SSSR count). The molecule has 6 heteroatoms. The standard InChI is InChI=1S/C17H23NO5/c1-12(19)13-7-9-14(10-8-13)23-11-5-6-15(20)18(4)17(2,3)16(21)22/h7-10H,5-6,11H2,1-4H3,(H,21,22). The lowest BCUT2D eigenvalue weighted by atomic mass is 10.0. The van der Waals surface area contributed by atoms with Gasteiger partial charge in [-0.25, -0.2) is 4.79 Å². The number of ketones is 1. The van der Waals surface area contributed by atoms with E-state index in [2.05, 4.69) is 0 Å². The van der Waals surface area contributed by atoms with E-state index >= 15 is 0 Å². The van der Waals surface area contributed by atoms with E-state index < -0.39 is 11.5 Å². The van der Waals surface area contributed by atoms with Crippen molar-refractivity contribution in [2.24, 2.45) is 0 Å². The molecule has 0 aliphatic carbocycles. The predicted molar refractivity (Wildman–Crippen MR) is 85.7 cm³/mol. The van der Waals surface area contributed by atoms with E-state index in [9.17, 15) is 14.4 Å². The minimum atomic E-state index is -1.24. The van der Waals surface area contributed by atoms with Crippen molar-refractivity contribution in [3.05, 3.63) is 29.8 Å². The fourth-order valence-electron chi connectivity index (χ4n) is 1.82. The lowest BCUT2D eigenvalue weighted by molar-refractivity contribution is -0.155. The van der Waals surface area contributed by atoms with Gasteiger partial charge in [0.15, 0.2) is 5.78 Å². The first-order valence-electron chi connectivity index (χ1n) is 7.40. The Morgan fingerprint density at radius 2 is 1.74 bits per heavy atom. The van der Waals surface area contributed by atoms with Crippen LogP contribution < -0.4 is 4.74 Å². The summed E-state index contributed by atoms with van der Waals surface area (Å²) in [6.07, 6.45) is 0.687. The highest BCUT2D eigenvalue weighted by Crippen LogP contribution is 2.15. The third-order valence-electron chi connectivity index (χ3n) is 3.80. The summed E-state index contributed by atoms with van der Waals surface area (Å²) in [5, 5.41) is 9.10. The summed E-state index contributed by atoms with van der Waals surface area (Å²) in [7, 11) is 1.48. The van der Waals surface area contributed by atoms with Crippen LogP contribution in [0.1, 0.15) is 44.0 Å². The van der Waals surface area contributed by atoms with E-state index in [-0.39, 0.29) is 18.1 Å². The first kappa shape index (κ1) is 18.7. The molecule has 126 valence electrons. The Morgan fingerprint density at radius 1 is 1.17 bits per heavy atom. The lowest BCUT2D eigenvalue weighted by Crippen LogP contribution is -2.50. The first-order valence-corrected chi connectivity index (χ1v) is 7.40. The SMILES string of the molecule is CC(=O)c1ccc(OCCCC(=O)N(C)C(C)(C)C(=O)O)cc1. The molecule has 0 saturated carbocycles. The topological polar surface area (TPSA) is 83.9 Å². The number of ether oxygens (including phenoxy) is 1. The van der Waals surface area contributed by atoms with Crippen molar-refractivity contribution in [3.8, 4) is 5.75 Å². The van der Waals surface area contributed by atoms with E-state index in [4.69, 9.17) is 9.84 Å². The molecule has 0 spiro atoms. The molecule has 1 N–H and O–H groups in total. The van der Waals surface area contributed by atoms with Gasteiger partial charge in [-0.05, 0) is 51.5 Å². The number of carbonyl (C=O) groups is 3. The second-order valence-electron chi connectivity index (χ2n) is 5.85.